The fraction of sp³-hybridized carbons (Fsp3) is 0.231. The van der Waals surface area contributed by atoms with Crippen LogP contribution in [0.1, 0.15) is 54.0 Å². The van der Waals surface area contributed by atoms with Crippen LogP contribution in [0.5, 0.6) is 5.75 Å². The lowest BCUT2D eigenvalue weighted by Crippen LogP contribution is -2.36. The predicted octanol–water partition coefficient (Wildman–Crippen LogP) is 7.13. The Morgan fingerprint density at radius 2 is 1.15 bits per heavy atom. The summed E-state index contributed by atoms with van der Waals surface area (Å²) in [5, 5.41) is 36.2. The van der Waals surface area contributed by atoms with Crippen LogP contribution in [0.25, 0.3) is 21.8 Å². The molecule has 15 heteroatoms. The number of carbonyl (C=O) groups excluding carboxylic acids is 2. The summed E-state index contributed by atoms with van der Waals surface area (Å²) in [5.41, 5.74) is 2.92. The molecular weight excluding hydrogens is 694 g/mol. The minimum atomic E-state index is -0.424. The third-order valence-electron chi connectivity index (χ3n) is 7.60. The van der Waals surface area contributed by atoms with Crippen LogP contribution >= 0.6 is 0 Å². The molecule has 0 bridgehead atoms. The van der Waals surface area contributed by atoms with E-state index >= 15 is 0 Å². The molecule has 2 amide bonds. The quantitative estimate of drug-likeness (QED) is 0.0640. The zero-order valence-electron chi connectivity index (χ0n) is 30.5. The van der Waals surface area contributed by atoms with Crippen molar-refractivity contribution in [3.8, 4) is 5.75 Å². The van der Waals surface area contributed by atoms with Crippen molar-refractivity contribution in [1.29, 1.82) is 0 Å². The summed E-state index contributed by atoms with van der Waals surface area (Å²) in [4.78, 5) is 33.9. The van der Waals surface area contributed by atoms with Crippen LogP contribution in [0.2, 0.25) is 0 Å². The van der Waals surface area contributed by atoms with E-state index in [9.17, 15) is 23.5 Å². The monoisotopic (exact) mass is 736 g/mol. The third-order valence-corrected chi connectivity index (χ3v) is 7.60. The number of halogens is 2. The number of amides is 2. The van der Waals surface area contributed by atoms with E-state index in [0.29, 0.717) is 69.5 Å². The number of anilines is 2. The summed E-state index contributed by atoms with van der Waals surface area (Å²) >= 11 is 0. The number of carbonyl (C=O) groups is 2. The van der Waals surface area contributed by atoms with E-state index in [-0.39, 0.29) is 35.2 Å². The summed E-state index contributed by atoms with van der Waals surface area (Å²) in [5.74, 6) is 0.598. The Morgan fingerprint density at radius 1 is 0.685 bits per heavy atom. The second kappa shape index (κ2) is 17.7. The molecule has 0 fully saturated rings. The maximum absolute atomic E-state index is 13.4. The van der Waals surface area contributed by atoms with Crippen LogP contribution in [-0.2, 0) is 0 Å². The lowest BCUT2D eigenvalue weighted by atomic mass is 10.1. The number of H-pyrrole nitrogens is 2. The smallest absolute Gasteiger partial charge is 0.258 e. The van der Waals surface area contributed by atoms with Crippen molar-refractivity contribution >= 4 is 57.2 Å². The highest BCUT2D eigenvalue weighted by Gasteiger charge is 2.15. The number of aryl methyl sites for hydroxylation is 1. The Balaban J connectivity index is 0.000000208. The molecule has 0 radical (unpaired) electrons. The van der Waals surface area contributed by atoms with Crippen LogP contribution in [0, 0.1) is 30.4 Å². The van der Waals surface area contributed by atoms with Gasteiger partial charge in [0, 0.05) is 35.0 Å². The molecule has 6 rings (SSSR count). The second-order valence-corrected chi connectivity index (χ2v) is 13.3. The number of nitrogens with one attached hydrogen (secondary N) is 6. The molecule has 2 aromatic heterocycles. The molecule has 0 unspecified atom stereocenters. The number of aromatic hydroxyl groups is 1. The fourth-order valence-electron chi connectivity index (χ4n) is 4.96. The van der Waals surface area contributed by atoms with Gasteiger partial charge in [-0.3, -0.25) is 40.4 Å². The van der Waals surface area contributed by atoms with Crippen LogP contribution < -0.4 is 21.3 Å². The summed E-state index contributed by atoms with van der Waals surface area (Å²) in [7, 11) is 0. The summed E-state index contributed by atoms with van der Waals surface area (Å²) < 4.78 is 26.7. The summed E-state index contributed by atoms with van der Waals surface area (Å²) in [6.45, 7) is 11.0. The van der Waals surface area contributed by atoms with Gasteiger partial charge in [0.15, 0.2) is 11.6 Å². The number of benzene rings is 4. The van der Waals surface area contributed by atoms with Gasteiger partial charge in [-0.1, -0.05) is 51.5 Å². The molecule has 0 saturated heterocycles. The highest BCUT2D eigenvalue weighted by Crippen LogP contribution is 2.22. The first-order valence-corrected chi connectivity index (χ1v) is 17.2. The van der Waals surface area contributed by atoms with Gasteiger partial charge in [-0.15, -0.1) is 0 Å². The first-order valence-electron chi connectivity index (χ1n) is 17.2. The molecule has 13 nitrogen and oxygen atoms in total. The van der Waals surface area contributed by atoms with Crippen molar-refractivity contribution < 1.29 is 23.5 Å². The van der Waals surface area contributed by atoms with Crippen LogP contribution in [-0.4, -0.2) is 62.3 Å². The van der Waals surface area contributed by atoms with Crippen molar-refractivity contribution in [3.05, 3.63) is 113 Å². The largest absolute Gasteiger partial charge is 0.508 e. The van der Waals surface area contributed by atoms with Gasteiger partial charge in [-0.2, -0.15) is 10.2 Å². The molecule has 0 atom stereocenters. The average Bonchev–Trinajstić information content (AvgIpc) is 3.72. The molecule has 0 aliphatic carbocycles. The number of guanidine groups is 2. The number of nitrogens with zero attached hydrogens (tertiary/aromatic N) is 4. The van der Waals surface area contributed by atoms with E-state index < -0.39 is 5.91 Å². The topological polar surface area (TPSA) is 185 Å². The standard InChI is InChI=1S/C20H22FN5O.C19H20FN5O2/c1-12(2)11-22-20(24-19(27)14-6-4-5-13(3)9-14)23-18-16-8-7-15(21)10-17(16)25-26-18;1-11(2)10-21-19(23-18(27)12-4-3-5-14(26)8-12)22-17-15-7-6-13(20)9-16(15)24-25-17/h4-10,12H,11H2,1-3H3,(H3,22,23,24,25,26,27);3-9,11,26H,10H2,1-2H3,(H3,21,22,23,24,25,27). The molecule has 280 valence electrons. The van der Waals surface area contributed by atoms with Gasteiger partial charge in [0.25, 0.3) is 11.8 Å². The van der Waals surface area contributed by atoms with Crippen LogP contribution in [0.4, 0.5) is 20.4 Å². The Morgan fingerprint density at radius 3 is 1.59 bits per heavy atom. The number of aliphatic imine (C=N–C) groups is 2. The molecule has 6 aromatic rings. The Hall–Kier alpha value is -6.64. The normalized spacial score (nSPS) is 11.8. The summed E-state index contributed by atoms with van der Waals surface area (Å²) in [6.07, 6.45) is 0. The number of fused-ring (bicyclic) bond motifs is 2. The Labute approximate surface area is 310 Å². The van der Waals surface area contributed by atoms with Crippen molar-refractivity contribution in [3.63, 3.8) is 0 Å². The zero-order chi connectivity index (χ0) is 38.8. The number of phenols is 1. The van der Waals surface area contributed by atoms with Crippen molar-refractivity contribution in [2.45, 2.75) is 34.6 Å². The van der Waals surface area contributed by atoms with Gasteiger partial charge >= 0.3 is 0 Å². The second-order valence-electron chi connectivity index (χ2n) is 13.3. The van der Waals surface area contributed by atoms with Crippen molar-refractivity contribution in [2.75, 3.05) is 23.7 Å². The maximum atomic E-state index is 13.4. The minimum absolute atomic E-state index is 0.00315. The molecule has 2 heterocycles. The maximum Gasteiger partial charge on any atom is 0.258 e. The van der Waals surface area contributed by atoms with E-state index in [4.69, 9.17) is 0 Å². The number of phenolic OH excluding ortho intramolecular Hbond substituents is 1. The molecule has 0 aliphatic heterocycles. The number of hydrogen-bond donors (Lipinski definition) is 7. The number of hydrogen-bond acceptors (Lipinski definition) is 7. The fourth-order valence-corrected chi connectivity index (χ4v) is 4.96. The van der Waals surface area contributed by atoms with Gasteiger partial charge in [-0.25, -0.2) is 8.78 Å². The van der Waals surface area contributed by atoms with Crippen molar-refractivity contribution in [1.82, 2.24) is 31.0 Å². The van der Waals surface area contributed by atoms with Gasteiger partial charge in [-0.05, 0) is 85.5 Å². The highest BCUT2D eigenvalue weighted by atomic mass is 19.1. The molecule has 54 heavy (non-hydrogen) atoms. The van der Waals surface area contributed by atoms with E-state index in [0.717, 1.165) is 5.56 Å². The highest BCUT2D eigenvalue weighted by molar-refractivity contribution is 6.12. The van der Waals surface area contributed by atoms with Crippen molar-refractivity contribution in [2.24, 2.45) is 21.8 Å². The first-order chi connectivity index (χ1) is 25.8. The molecular formula is C39H42F2N10O3. The van der Waals surface area contributed by atoms with E-state index in [1.165, 1.54) is 36.4 Å². The molecule has 0 saturated carbocycles. The minimum Gasteiger partial charge on any atom is -0.508 e. The summed E-state index contributed by atoms with van der Waals surface area (Å²) in [6, 6.07) is 21.9. The SMILES string of the molecule is CC(C)CN=C(NC(=O)c1cccc(O)c1)Nc1n[nH]c2cc(F)ccc12.Cc1cccc(C(=O)NC(=NCC(C)C)Nc2n[nH]c3cc(F)ccc23)c1. The Bertz CT molecular complexity index is 2150. The zero-order valence-corrected chi connectivity index (χ0v) is 30.5. The molecule has 0 aliphatic rings. The Kier molecular flexibility index (Phi) is 12.7. The number of aromatic amines is 2. The van der Waals surface area contributed by atoms with E-state index in [1.807, 2.05) is 52.8 Å². The number of rotatable bonds is 8. The van der Waals surface area contributed by atoms with E-state index in [2.05, 4.69) is 51.6 Å². The predicted molar refractivity (Wildman–Crippen MR) is 208 cm³/mol. The average molecular weight is 737 g/mol. The van der Waals surface area contributed by atoms with Gasteiger partial charge < -0.3 is 15.7 Å². The lowest BCUT2D eigenvalue weighted by molar-refractivity contribution is 0.0968. The lowest BCUT2D eigenvalue weighted by Gasteiger charge is -2.11. The molecule has 4 aromatic carbocycles. The number of aromatic nitrogens is 4. The first kappa shape index (κ1) is 38.6. The third kappa shape index (κ3) is 10.7. The van der Waals surface area contributed by atoms with Crippen LogP contribution in [0.3, 0.4) is 0 Å². The van der Waals surface area contributed by atoms with Gasteiger partial charge in [0.05, 0.1) is 11.0 Å². The van der Waals surface area contributed by atoms with Crippen LogP contribution in [0.15, 0.2) is 94.9 Å². The molecule has 0 spiro atoms. The van der Waals surface area contributed by atoms with Gasteiger partial charge in [0.2, 0.25) is 11.9 Å². The van der Waals surface area contributed by atoms with E-state index in [1.54, 1.807) is 30.3 Å². The molecule has 7 N–H and O–H groups in total. The van der Waals surface area contributed by atoms with Gasteiger partial charge in [0.1, 0.15) is 17.4 Å².